The Balaban J connectivity index is 2.33. The predicted molar refractivity (Wildman–Crippen MR) is 102 cm³/mol. The molecule has 8 nitrogen and oxygen atoms in total. The van der Waals surface area contributed by atoms with Crippen molar-refractivity contribution in [2.45, 2.75) is 25.9 Å². The highest BCUT2D eigenvalue weighted by Gasteiger charge is 2.64. The molecule has 0 spiro atoms. The van der Waals surface area contributed by atoms with E-state index >= 15 is 0 Å². The molecule has 0 saturated carbocycles. The molecule has 0 N–H and O–H groups in total. The average molecular weight is 484 g/mol. The summed E-state index contributed by atoms with van der Waals surface area (Å²) in [5.74, 6) is -8.22. The fraction of sp³-hybridized carbons (Fsp3) is 0.444. The Labute approximate surface area is 182 Å². The van der Waals surface area contributed by atoms with Crippen LogP contribution < -0.4 is 4.90 Å². The van der Waals surface area contributed by atoms with Crippen molar-refractivity contribution < 1.29 is 50.6 Å². The van der Waals surface area contributed by atoms with Crippen molar-refractivity contribution in [1.29, 1.82) is 0 Å². The van der Waals surface area contributed by atoms with Gasteiger partial charge in [0.2, 0.25) is 0 Å². The molecular formula is C18H17F5N2O6S. The number of alkyl halides is 5. The maximum atomic E-state index is 13.7. The summed E-state index contributed by atoms with van der Waals surface area (Å²) in [6.07, 6.45) is -5.23. The normalized spacial score (nSPS) is 15.4. The monoisotopic (exact) mass is 484 g/mol. The number of halogens is 5. The number of hydrogen-bond donors (Lipinski definition) is 0. The molecule has 1 aliphatic rings. The molecule has 0 saturated heterocycles. The van der Waals surface area contributed by atoms with Crippen molar-refractivity contribution in [3.05, 3.63) is 22.6 Å². The van der Waals surface area contributed by atoms with E-state index in [0.29, 0.717) is 0 Å². The van der Waals surface area contributed by atoms with E-state index in [1.165, 1.54) is 17.0 Å². The van der Waals surface area contributed by atoms with Gasteiger partial charge in [0.1, 0.15) is 13.1 Å². The van der Waals surface area contributed by atoms with Gasteiger partial charge in [0.05, 0.1) is 23.8 Å². The first kappa shape index (κ1) is 25.2. The Morgan fingerprint density at radius 1 is 1.09 bits per heavy atom. The number of ether oxygens (including phenoxy) is 2. The summed E-state index contributed by atoms with van der Waals surface area (Å²) in [6.45, 7) is 2.63. The van der Waals surface area contributed by atoms with Crippen LogP contribution in [0.25, 0.3) is 6.08 Å². The summed E-state index contributed by atoms with van der Waals surface area (Å²) in [6, 6.07) is 2.68. The second-order valence-electron chi connectivity index (χ2n) is 6.09. The highest BCUT2D eigenvalue weighted by molar-refractivity contribution is 7.17. The molecule has 0 amide bonds. The average Bonchev–Trinajstić information content (AvgIpc) is 3.28. The van der Waals surface area contributed by atoms with Gasteiger partial charge >= 0.3 is 30.0 Å². The highest BCUT2D eigenvalue weighted by atomic mass is 32.1. The van der Waals surface area contributed by atoms with E-state index < -0.39 is 41.3 Å². The van der Waals surface area contributed by atoms with E-state index in [1.807, 2.05) is 0 Å². The number of nitrogens with zero attached hydrogens (tertiary/aromatic N) is 2. The summed E-state index contributed by atoms with van der Waals surface area (Å²) < 4.78 is 75.1. The summed E-state index contributed by atoms with van der Waals surface area (Å²) in [5.41, 5.74) is -2.93. The largest absolute Gasteiger partial charge is 0.465 e. The third kappa shape index (κ3) is 5.81. The number of carbonyl (C=O) groups excluding carboxylic acids is 3. The Hall–Kier alpha value is -3.03. The van der Waals surface area contributed by atoms with Gasteiger partial charge in [-0.3, -0.25) is 9.59 Å². The number of hydrogen-bond acceptors (Lipinski definition) is 9. The fourth-order valence-electron chi connectivity index (χ4n) is 2.44. The molecule has 32 heavy (non-hydrogen) atoms. The third-order valence-electron chi connectivity index (χ3n) is 3.81. The van der Waals surface area contributed by atoms with Gasteiger partial charge in [0.15, 0.2) is 5.71 Å². The van der Waals surface area contributed by atoms with Gasteiger partial charge in [-0.2, -0.15) is 22.0 Å². The molecule has 0 aliphatic carbocycles. The zero-order valence-electron chi connectivity index (χ0n) is 16.7. The summed E-state index contributed by atoms with van der Waals surface area (Å²) >= 11 is 0.815. The summed E-state index contributed by atoms with van der Waals surface area (Å²) in [4.78, 5) is 40.8. The minimum absolute atomic E-state index is 0.0669. The molecule has 1 aromatic heterocycles. The second kappa shape index (κ2) is 10.1. The van der Waals surface area contributed by atoms with Crippen molar-refractivity contribution in [3.63, 3.8) is 0 Å². The lowest BCUT2D eigenvalue weighted by Crippen LogP contribution is -2.44. The highest BCUT2D eigenvalue weighted by Crippen LogP contribution is 2.41. The minimum atomic E-state index is -5.99. The summed E-state index contributed by atoms with van der Waals surface area (Å²) in [7, 11) is 0. The zero-order valence-corrected chi connectivity index (χ0v) is 17.5. The zero-order chi connectivity index (χ0) is 24.1. The molecule has 0 aromatic carbocycles. The number of thiophene rings is 1. The quantitative estimate of drug-likeness (QED) is 0.230. The number of carbonyl (C=O) groups is 3. The number of oxime groups is 1. The molecule has 176 valence electrons. The topological polar surface area (TPSA) is 94.5 Å². The van der Waals surface area contributed by atoms with Gasteiger partial charge < -0.3 is 19.2 Å². The van der Waals surface area contributed by atoms with Gasteiger partial charge in [-0.25, -0.2) is 4.79 Å². The van der Waals surface area contributed by atoms with E-state index in [-0.39, 0.29) is 36.2 Å². The van der Waals surface area contributed by atoms with Crippen LogP contribution in [0.2, 0.25) is 0 Å². The third-order valence-corrected chi connectivity index (χ3v) is 4.90. The van der Waals surface area contributed by atoms with E-state index in [0.717, 1.165) is 17.4 Å². The number of esters is 2. The fourth-order valence-corrected chi connectivity index (χ4v) is 3.39. The first-order valence-corrected chi connectivity index (χ1v) is 9.84. The van der Waals surface area contributed by atoms with Crippen molar-refractivity contribution in [3.8, 4) is 0 Å². The van der Waals surface area contributed by atoms with Crippen molar-refractivity contribution in [1.82, 2.24) is 0 Å². The van der Waals surface area contributed by atoms with E-state index in [4.69, 9.17) is 9.47 Å². The molecule has 1 aliphatic heterocycles. The minimum Gasteiger partial charge on any atom is -0.465 e. The van der Waals surface area contributed by atoms with Crippen LogP contribution in [0.5, 0.6) is 0 Å². The molecule has 14 heteroatoms. The van der Waals surface area contributed by atoms with Gasteiger partial charge in [-0.15, -0.1) is 11.3 Å². The molecule has 0 bridgehead atoms. The molecule has 1 aromatic rings. The molecule has 2 heterocycles. The smallest absolute Gasteiger partial charge is 0.459 e. The molecule has 0 fully saturated rings. The lowest BCUT2D eigenvalue weighted by Gasteiger charge is -2.20. The maximum absolute atomic E-state index is 13.7. The van der Waals surface area contributed by atoms with Crippen LogP contribution in [-0.2, 0) is 28.7 Å². The Morgan fingerprint density at radius 3 is 2.16 bits per heavy atom. The van der Waals surface area contributed by atoms with Crippen molar-refractivity contribution >= 4 is 46.0 Å². The Morgan fingerprint density at radius 2 is 1.66 bits per heavy atom. The number of rotatable bonds is 9. The van der Waals surface area contributed by atoms with Gasteiger partial charge in [-0.1, -0.05) is 5.16 Å². The Bertz CT molecular complexity index is 921. The van der Waals surface area contributed by atoms with Gasteiger partial charge in [0.25, 0.3) is 0 Å². The van der Waals surface area contributed by atoms with Crippen LogP contribution >= 0.6 is 11.3 Å². The van der Waals surface area contributed by atoms with Crippen LogP contribution in [0, 0.1) is 0 Å². The first-order chi connectivity index (χ1) is 14.9. The van der Waals surface area contributed by atoms with E-state index in [1.54, 1.807) is 13.8 Å². The SMILES string of the molecule is CCOC(=O)CN(CC(=O)OCC)c1ccc(/C=C2\C(=O)ON=C2C(F)(F)C(F)(F)F)s1. The number of anilines is 1. The lowest BCUT2D eigenvalue weighted by molar-refractivity contribution is -0.249. The lowest BCUT2D eigenvalue weighted by atomic mass is 10.0. The van der Waals surface area contributed by atoms with Gasteiger partial charge in [0, 0.05) is 4.88 Å². The van der Waals surface area contributed by atoms with E-state index in [9.17, 15) is 36.3 Å². The van der Waals surface area contributed by atoms with Crippen LogP contribution in [-0.4, -0.2) is 62.0 Å². The van der Waals surface area contributed by atoms with Gasteiger partial charge in [-0.05, 0) is 32.1 Å². The maximum Gasteiger partial charge on any atom is 0.459 e. The van der Waals surface area contributed by atoms with Crippen molar-refractivity contribution in [2.75, 3.05) is 31.2 Å². The molecular weight excluding hydrogens is 467 g/mol. The second-order valence-corrected chi connectivity index (χ2v) is 7.18. The standard InChI is InChI=1S/C18H17F5N2O6S/c1-3-29-13(26)8-25(9-14(27)30-4-2)12-6-5-10(32-12)7-11-15(24-31-16(11)28)17(19,20)18(21,22)23/h5-7H,3-4,8-9H2,1-2H3/b11-7-. The van der Waals surface area contributed by atoms with Crippen LogP contribution in [0.15, 0.2) is 22.9 Å². The predicted octanol–water partition coefficient (Wildman–Crippen LogP) is 3.17. The molecule has 2 rings (SSSR count). The van der Waals surface area contributed by atoms with Crippen LogP contribution in [0.3, 0.4) is 0 Å². The molecule has 0 unspecified atom stereocenters. The summed E-state index contributed by atoms with van der Waals surface area (Å²) in [5, 5.41) is 2.86. The van der Waals surface area contributed by atoms with Crippen LogP contribution in [0.1, 0.15) is 18.7 Å². The molecule has 0 atom stereocenters. The van der Waals surface area contributed by atoms with Crippen LogP contribution in [0.4, 0.5) is 27.0 Å². The molecule has 0 radical (unpaired) electrons. The Kier molecular flexibility index (Phi) is 7.93. The van der Waals surface area contributed by atoms with Crippen molar-refractivity contribution in [2.24, 2.45) is 5.16 Å². The van der Waals surface area contributed by atoms with E-state index in [2.05, 4.69) is 9.99 Å². The first-order valence-electron chi connectivity index (χ1n) is 9.03.